The Morgan fingerprint density at radius 2 is 2.06 bits per heavy atom. The molecule has 0 amide bonds. The molecular weight excluding hydrogens is 212 g/mol. The summed E-state index contributed by atoms with van der Waals surface area (Å²) in [4.78, 5) is 10.8. The second-order valence-corrected chi connectivity index (χ2v) is 4.83. The highest BCUT2D eigenvalue weighted by Gasteiger charge is 2.14. The smallest absolute Gasteiger partial charge is 0.151 e. The van der Waals surface area contributed by atoms with E-state index in [9.17, 15) is 4.79 Å². The van der Waals surface area contributed by atoms with Crippen molar-refractivity contribution in [3.05, 3.63) is 35.4 Å². The number of rotatable bonds is 4. The van der Waals surface area contributed by atoms with Crippen molar-refractivity contribution < 1.29 is 9.90 Å². The number of hydrogen-bond acceptors (Lipinski definition) is 2. The molecule has 1 N–H and O–H groups in total. The summed E-state index contributed by atoms with van der Waals surface area (Å²) in [7, 11) is 0. The summed E-state index contributed by atoms with van der Waals surface area (Å²) in [5.74, 6) is 6.04. The van der Waals surface area contributed by atoms with Gasteiger partial charge in [-0.2, -0.15) is 0 Å². The molecule has 1 aromatic carbocycles. The zero-order chi connectivity index (χ0) is 12.7. The van der Waals surface area contributed by atoms with Gasteiger partial charge in [-0.1, -0.05) is 43.9 Å². The predicted molar refractivity (Wildman–Crippen MR) is 68.8 cm³/mol. The fraction of sp³-hybridized carbons (Fsp3) is 0.400. The Labute approximate surface area is 103 Å². The van der Waals surface area contributed by atoms with E-state index in [1.165, 1.54) is 0 Å². The van der Waals surface area contributed by atoms with Crippen LogP contribution in [0.25, 0.3) is 0 Å². The van der Waals surface area contributed by atoms with E-state index in [4.69, 9.17) is 5.11 Å². The number of aldehydes is 1. The standard InChI is InChI=1S/C15H18O2/c1-15(2,12-17)10-6-5-8-13-7-3-4-9-14(13)11-16/h3-4,7,9,11,17H,6,10,12H2,1-2H3. The van der Waals surface area contributed by atoms with E-state index >= 15 is 0 Å². The van der Waals surface area contributed by atoms with Crippen LogP contribution in [0.5, 0.6) is 0 Å². The number of carbonyl (C=O) groups is 1. The quantitative estimate of drug-likeness (QED) is 0.637. The molecule has 90 valence electrons. The van der Waals surface area contributed by atoms with Crippen LogP contribution < -0.4 is 0 Å². The summed E-state index contributed by atoms with van der Waals surface area (Å²) in [5.41, 5.74) is 1.31. The van der Waals surface area contributed by atoms with E-state index in [0.29, 0.717) is 5.56 Å². The first-order chi connectivity index (χ1) is 8.09. The lowest BCUT2D eigenvalue weighted by Crippen LogP contribution is -2.15. The molecular formula is C15H18O2. The van der Waals surface area contributed by atoms with Crippen LogP contribution in [0.2, 0.25) is 0 Å². The lowest BCUT2D eigenvalue weighted by Gasteiger charge is -2.19. The van der Waals surface area contributed by atoms with Gasteiger partial charge in [0.05, 0.1) is 0 Å². The summed E-state index contributed by atoms with van der Waals surface area (Å²) in [6, 6.07) is 7.29. The summed E-state index contributed by atoms with van der Waals surface area (Å²) < 4.78 is 0. The lowest BCUT2D eigenvalue weighted by molar-refractivity contribution is 0.112. The third kappa shape index (κ3) is 4.42. The van der Waals surface area contributed by atoms with Crippen LogP contribution in [0, 0.1) is 17.3 Å². The van der Waals surface area contributed by atoms with E-state index in [1.54, 1.807) is 6.07 Å². The Bertz CT molecular complexity index is 436. The molecule has 0 saturated heterocycles. The monoisotopic (exact) mass is 230 g/mol. The molecule has 0 unspecified atom stereocenters. The number of carbonyl (C=O) groups excluding carboxylic acids is 1. The number of aliphatic hydroxyl groups is 1. The first kappa shape index (κ1) is 13.5. The van der Waals surface area contributed by atoms with Crippen LogP contribution in [0.1, 0.15) is 42.6 Å². The second-order valence-electron chi connectivity index (χ2n) is 4.83. The molecule has 0 aromatic heterocycles. The highest BCUT2D eigenvalue weighted by atomic mass is 16.3. The van der Waals surface area contributed by atoms with Crippen LogP contribution in [-0.2, 0) is 0 Å². The molecule has 0 fully saturated rings. The highest BCUT2D eigenvalue weighted by molar-refractivity contribution is 5.79. The van der Waals surface area contributed by atoms with Gasteiger partial charge in [0.25, 0.3) is 0 Å². The number of hydrogen-bond donors (Lipinski definition) is 1. The van der Waals surface area contributed by atoms with Crippen molar-refractivity contribution in [3.8, 4) is 11.8 Å². The maximum Gasteiger partial charge on any atom is 0.151 e. The minimum absolute atomic E-state index is 0.0845. The Balaban J connectivity index is 2.63. The Hall–Kier alpha value is -1.59. The molecule has 2 nitrogen and oxygen atoms in total. The van der Waals surface area contributed by atoms with Gasteiger partial charge in [-0.15, -0.1) is 0 Å². The van der Waals surface area contributed by atoms with Crippen molar-refractivity contribution in [1.29, 1.82) is 0 Å². The lowest BCUT2D eigenvalue weighted by atomic mass is 9.89. The summed E-state index contributed by atoms with van der Waals surface area (Å²) in [5, 5.41) is 9.10. The van der Waals surface area contributed by atoms with Gasteiger partial charge in [0.2, 0.25) is 0 Å². The molecule has 0 aliphatic carbocycles. The second kappa shape index (κ2) is 6.22. The molecule has 1 rings (SSSR count). The summed E-state index contributed by atoms with van der Waals surface area (Å²) in [6.07, 6.45) is 2.39. The van der Waals surface area contributed by atoms with Crippen molar-refractivity contribution in [2.24, 2.45) is 5.41 Å². The fourth-order valence-corrected chi connectivity index (χ4v) is 1.35. The maximum atomic E-state index is 10.8. The number of aliphatic hydroxyl groups excluding tert-OH is 1. The van der Waals surface area contributed by atoms with E-state index < -0.39 is 0 Å². The fourth-order valence-electron chi connectivity index (χ4n) is 1.35. The highest BCUT2D eigenvalue weighted by Crippen LogP contribution is 2.20. The average molecular weight is 230 g/mol. The van der Waals surface area contributed by atoms with Gasteiger partial charge in [-0.25, -0.2) is 0 Å². The van der Waals surface area contributed by atoms with Crippen LogP contribution in [0.3, 0.4) is 0 Å². The van der Waals surface area contributed by atoms with Gasteiger partial charge < -0.3 is 5.11 Å². The van der Waals surface area contributed by atoms with Gasteiger partial charge >= 0.3 is 0 Å². The molecule has 0 saturated carbocycles. The van der Waals surface area contributed by atoms with Crippen LogP contribution in [0.4, 0.5) is 0 Å². The molecule has 1 aromatic rings. The maximum absolute atomic E-state index is 10.8. The van der Waals surface area contributed by atoms with Crippen LogP contribution in [0.15, 0.2) is 24.3 Å². The van der Waals surface area contributed by atoms with Crippen LogP contribution >= 0.6 is 0 Å². The molecule has 0 atom stereocenters. The van der Waals surface area contributed by atoms with E-state index in [-0.39, 0.29) is 12.0 Å². The first-order valence-corrected chi connectivity index (χ1v) is 5.73. The Kier molecular flexibility index (Phi) is 4.93. The van der Waals surface area contributed by atoms with Crippen LogP contribution in [-0.4, -0.2) is 18.0 Å². The Morgan fingerprint density at radius 3 is 2.71 bits per heavy atom. The first-order valence-electron chi connectivity index (χ1n) is 5.73. The van der Waals surface area contributed by atoms with Crippen molar-refractivity contribution in [2.75, 3.05) is 6.61 Å². The van der Waals surface area contributed by atoms with Crippen molar-refractivity contribution >= 4 is 6.29 Å². The predicted octanol–water partition coefficient (Wildman–Crippen LogP) is 2.65. The third-order valence-corrected chi connectivity index (χ3v) is 2.67. The van der Waals surface area contributed by atoms with E-state index in [0.717, 1.165) is 24.7 Å². The molecule has 2 heteroatoms. The van der Waals surface area contributed by atoms with Gasteiger partial charge in [0.15, 0.2) is 6.29 Å². The third-order valence-electron chi connectivity index (χ3n) is 2.67. The minimum Gasteiger partial charge on any atom is -0.396 e. The van der Waals surface area contributed by atoms with Crippen molar-refractivity contribution in [1.82, 2.24) is 0 Å². The van der Waals surface area contributed by atoms with Crippen molar-refractivity contribution in [3.63, 3.8) is 0 Å². The molecule has 0 aliphatic rings. The van der Waals surface area contributed by atoms with Gasteiger partial charge in [0.1, 0.15) is 0 Å². The molecule has 17 heavy (non-hydrogen) atoms. The Morgan fingerprint density at radius 1 is 1.35 bits per heavy atom. The molecule has 0 spiro atoms. The van der Waals surface area contributed by atoms with Crippen molar-refractivity contribution in [2.45, 2.75) is 26.7 Å². The summed E-state index contributed by atoms with van der Waals surface area (Å²) >= 11 is 0. The van der Waals surface area contributed by atoms with E-state index in [1.807, 2.05) is 32.0 Å². The SMILES string of the molecule is CC(C)(CO)CCC#Cc1ccccc1C=O. The molecule has 0 aliphatic heterocycles. The largest absolute Gasteiger partial charge is 0.396 e. The molecule has 0 bridgehead atoms. The van der Waals surface area contributed by atoms with Gasteiger partial charge in [-0.05, 0) is 17.9 Å². The summed E-state index contributed by atoms with van der Waals surface area (Å²) in [6.45, 7) is 4.18. The average Bonchev–Trinajstić information content (AvgIpc) is 2.35. The minimum atomic E-state index is -0.0845. The zero-order valence-corrected chi connectivity index (χ0v) is 10.4. The topological polar surface area (TPSA) is 37.3 Å². The molecule has 0 heterocycles. The molecule has 0 radical (unpaired) electrons. The van der Waals surface area contributed by atoms with Gasteiger partial charge in [0, 0.05) is 24.2 Å². The van der Waals surface area contributed by atoms with E-state index in [2.05, 4.69) is 11.8 Å². The zero-order valence-electron chi connectivity index (χ0n) is 10.4. The normalized spacial score (nSPS) is 10.5. The van der Waals surface area contributed by atoms with Gasteiger partial charge in [-0.3, -0.25) is 4.79 Å². The number of benzene rings is 1.